The van der Waals surface area contributed by atoms with E-state index >= 15 is 0 Å². The van der Waals surface area contributed by atoms with Gasteiger partial charge in [0, 0.05) is 68.0 Å². The fourth-order valence-electron chi connectivity index (χ4n) is 9.75. The number of hydrogen-bond acceptors (Lipinski definition) is 26. The smallest absolute Gasteiger partial charge is 0.314 e. The quantitative estimate of drug-likeness (QED) is 0.0104. The first-order valence-corrected chi connectivity index (χ1v) is 31.1. The molecular formula is C56H76N6O24S2. The minimum Gasteiger partial charge on any atom is -0.463 e. The lowest BCUT2D eigenvalue weighted by Gasteiger charge is -2.45. The number of piperidine rings is 1. The molecule has 0 radical (unpaired) electrons. The van der Waals surface area contributed by atoms with Gasteiger partial charge in [-0.1, -0.05) is 63.8 Å². The van der Waals surface area contributed by atoms with E-state index in [1.54, 1.807) is 4.90 Å². The SMILES string of the molecule is O=C(CCC(=O)N1Cc2ccccc2C#Cc2ccccc21)NCCOCCOCCOCCOCCC(=O)NC[C@H]1O[C@@H](O[C@H]2[C@H](O)[C@@H](O)[C@H](O)O[C@@H]2CNC(=O)CCSSCCC(=O)OC[C@@H]2[C@@H](O)[C@H](O)[C@H](O)[C@H]3NC(=O)C(=O)N23)[C@H](O)[C@@H](O)[C@@H]1O. The van der Waals surface area contributed by atoms with Gasteiger partial charge in [0.25, 0.3) is 0 Å². The lowest BCUT2D eigenvalue weighted by molar-refractivity contribution is -0.349. The van der Waals surface area contributed by atoms with Crippen LogP contribution in [0.1, 0.15) is 48.8 Å². The third-order valence-electron chi connectivity index (χ3n) is 14.6. The summed E-state index contributed by atoms with van der Waals surface area (Å²) in [5.41, 5.74) is 3.22. The molecule has 32 heteroatoms. The van der Waals surface area contributed by atoms with Crippen LogP contribution in [0.3, 0.4) is 0 Å². The van der Waals surface area contributed by atoms with E-state index in [9.17, 15) is 79.5 Å². The van der Waals surface area contributed by atoms with E-state index in [2.05, 4.69) is 33.1 Å². The summed E-state index contributed by atoms with van der Waals surface area (Å²) >= 11 is 0. The predicted molar refractivity (Wildman–Crippen MR) is 306 cm³/mol. The highest BCUT2D eigenvalue weighted by molar-refractivity contribution is 8.76. The van der Waals surface area contributed by atoms with Crippen molar-refractivity contribution in [2.24, 2.45) is 0 Å². The van der Waals surface area contributed by atoms with Crippen LogP contribution in [-0.4, -0.2) is 275 Å². The lowest BCUT2D eigenvalue weighted by Crippen LogP contribution is -2.68. The van der Waals surface area contributed by atoms with Crippen molar-refractivity contribution in [3.05, 3.63) is 65.2 Å². The fourth-order valence-corrected chi connectivity index (χ4v) is 11.7. The fraction of sp³-hybridized carbons (Fsp3) is 0.625. The maximum Gasteiger partial charge on any atom is 0.314 e. The molecular weight excluding hydrogens is 1200 g/mol. The van der Waals surface area contributed by atoms with Crippen molar-refractivity contribution < 1.29 is 117 Å². The van der Waals surface area contributed by atoms with Gasteiger partial charge >= 0.3 is 17.8 Å². The lowest BCUT2D eigenvalue weighted by atomic mass is 9.92. The van der Waals surface area contributed by atoms with E-state index in [-0.39, 0.29) is 121 Å². The second-order valence-electron chi connectivity index (χ2n) is 20.7. The van der Waals surface area contributed by atoms with Crippen LogP contribution in [0.4, 0.5) is 5.69 Å². The number of hydrogen-bond donors (Lipinski definition) is 13. The number of ether oxygens (including phenoxy) is 8. The minimum atomic E-state index is -1.93. The normalized spacial score (nSPS) is 28.2. The topological polar surface area (TPSA) is 430 Å². The van der Waals surface area contributed by atoms with Crippen molar-refractivity contribution in [2.75, 3.05) is 95.5 Å². The van der Waals surface area contributed by atoms with E-state index in [1.165, 1.54) is 21.6 Å². The number of carbonyl (C=O) groups excluding carboxylic acids is 7. The number of amides is 6. The van der Waals surface area contributed by atoms with Crippen molar-refractivity contribution in [3.63, 3.8) is 0 Å². The van der Waals surface area contributed by atoms with Crippen LogP contribution in [-0.2, 0) is 78.0 Å². The van der Waals surface area contributed by atoms with Crippen LogP contribution in [0.2, 0.25) is 0 Å². The van der Waals surface area contributed by atoms with Crippen molar-refractivity contribution in [1.82, 2.24) is 26.2 Å². The second kappa shape index (κ2) is 35.1. The molecule has 88 heavy (non-hydrogen) atoms. The number of carbonyl (C=O) groups is 7. The Bertz CT molecular complexity index is 2730. The maximum atomic E-state index is 13.4. The molecule has 7 rings (SSSR count). The van der Waals surface area contributed by atoms with Gasteiger partial charge in [0.1, 0.15) is 79.9 Å². The van der Waals surface area contributed by atoms with Crippen LogP contribution in [0, 0.1) is 11.8 Å². The Hall–Kier alpha value is -5.65. The molecule has 5 heterocycles. The third kappa shape index (κ3) is 19.7. The number of para-hydroxylation sites is 1. The number of fused-ring (bicyclic) bond motifs is 3. The summed E-state index contributed by atoms with van der Waals surface area (Å²) in [5, 5.41) is 105. The standard InChI is InChI=1S/C56H76N6O24S2/c63-38(11-12-41(66)61-29-33-7-2-1-5-31(33)9-10-32-6-3-4-8-34(32)61)57-16-18-80-20-22-82-24-23-81-21-19-79-17-13-39(64)58-27-36-44(69)46(71)50(75)56(85-36)86-51-37(84-55(78)49(74)47(51)72)28-59-40(65)14-25-87-88-26-15-42(67)83-30-35-43(68)45(70)48(73)52-60-53(76)54(77)62(35)52/h1-8,35-37,43-52,55-56,68-75,78H,11-30H2,(H,57,63)(H,58,64)(H,59,65)(H,60,76)/t35-,36-,37-,43-,44-,45+,46+,47-,48+,49-,50-,51-,52+,55-,56+/m1/s1. The molecule has 5 aliphatic rings. The maximum absolute atomic E-state index is 13.4. The molecule has 486 valence electrons. The van der Waals surface area contributed by atoms with Crippen molar-refractivity contribution in [1.29, 1.82) is 0 Å². The number of nitrogens with one attached hydrogen (secondary N) is 4. The summed E-state index contributed by atoms with van der Waals surface area (Å²) in [6.07, 6.45) is -24.0. The van der Waals surface area contributed by atoms with Gasteiger partial charge in [0.2, 0.25) is 23.6 Å². The molecule has 0 aliphatic carbocycles. The zero-order valence-electron chi connectivity index (χ0n) is 47.8. The van der Waals surface area contributed by atoms with Gasteiger partial charge in [0.05, 0.1) is 77.5 Å². The summed E-state index contributed by atoms with van der Waals surface area (Å²) in [4.78, 5) is 90.5. The first kappa shape index (κ1) is 69.8. The molecule has 5 aliphatic heterocycles. The number of esters is 1. The van der Waals surface area contributed by atoms with Gasteiger partial charge in [-0.3, -0.25) is 33.6 Å². The Morgan fingerprint density at radius 3 is 1.90 bits per heavy atom. The Labute approximate surface area is 513 Å². The van der Waals surface area contributed by atoms with Crippen LogP contribution < -0.4 is 26.2 Å². The van der Waals surface area contributed by atoms with E-state index in [0.717, 1.165) is 21.6 Å². The highest BCUT2D eigenvalue weighted by Gasteiger charge is 2.56. The number of rotatable bonds is 33. The second-order valence-corrected chi connectivity index (χ2v) is 23.4. The summed E-state index contributed by atoms with van der Waals surface area (Å²) in [6, 6.07) is 13.8. The van der Waals surface area contributed by atoms with Crippen molar-refractivity contribution >= 4 is 68.7 Å². The van der Waals surface area contributed by atoms with E-state index < -0.39 is 135 Å². The third-order valence-corrected chi connectivity index (χ3v) is 17.0. The molecule has 2 aromatic carbocycles. The molecule has 13 N–H and O–H groups in total. The van der Waals surface area contributed by atoms with Gasteiger partial charge in [-0.2, -0.15) is 0 Å². The Morgan fingerprint density at radius 2 is 1.18 bits per heavy atom. The van der Waals surface area contributed by atoms with Crippen LogP contribution >= 0.6 is 21.6 Å². The highest BCUT2D eigenvalue weighted by atomic mass is 33.1. The van der Waals surface area contributed by atoms with Gasteiger partial charge in [-0.25, -0.2) is 0 Å². The van der Waals surface area contributed by atoms with Crippen LogP contribution in [0.15, 0.2) is 48.5 Å². The monoisotopic (exact) mass is 1280 g/mol. The summed E-state index contributed by atoms with van der Waals surface area (Å²) in [6.45, 7) is 0.963. The summed E-state index contributed by atoms with van der Waals surface area (Å²) in [7, 11) is 2.44. The van der Waals surface area contributed by atoms with E-state index in [0.29, 0.717) is 12.2 Å². The molecule has 4 saturated heterocycles. The molecule has 2 aromatic rings. The zero-order chi connectivity index (χ0) is 63.3. The van der Waals surface area contributed by atoms with E-state index in [4.69, 9.17) is 37.9 Å². The average Bonchev–Trinajstić information content (AvgIpc) is 1.62. The summed E-state index contributed by atoms with van der Waals surface area (Å²) in [5.74, 6) is 2.46. The number of nitrogens with zero attached hydrogens (tertiary/aromatic N) is 2. The van der Waals surface area contributed by atoms with Gasteiger partial charge < -0.3 is 115 Å². The molecule has 15 atom stereocenters. The molecule has 0 unspecified atom stereocenters. The zero-order valence-corrected chi connectivity index (χ0v) is 49.4. The Kier molecular flexibility index (Phi) is 27.8. The number of anilines is 1. The predicted octanol–water partition coefficient (Wildman–Crippen LogP) is -5.40. The molecule has 0 spiro atoms. The van der Waals surface area contributed by atoms with Gasteiger partial charge in [-0.15, -0.1) is 0 Å². The van der Waals surface area contributed by atoms with Crippen LogP contribution in [0.5, 0.6) is 0 Å². The molecule has 0 aromatic heterocycles. The molecule has 30 nitrogen and oxygen atoms in total. The average molecular weight is 1280 g/mol. The number of benzene rings is 2. The Balaban J connectivity index is 0.690. The largest absolute Gasteiger partial charge is 0.463 e. The minimum absolute atomic E-state index is 0.00342. The highest BCUT2D eigenvalue weighted by Crippen LogP contribution is 2.31. The molecule has 6 amide bonds. The first-order valence-electron chi connectivity index (χ1n) is 28.6. The van der Waals surface area contributed by atoms with Crippen LogP contribution in [0.25, 0.3) is 0 Å². The van der Waals surface area contributed by atoms with Gasteiger partial charge in [-0.05, 0) is 23.8 Å². The molecule has 0 saturated carbocycles. The van der Waals surface area contributed by atoms with Gasteiger partial charge in [0.15, 0.2) is 12.6 Å². The number of aliphatic hydroxyl groups is 9. The first-order chi connectivity index (χ1) is 42.3. The molecule has 0 bridgehead atoms. The van der Waals surface area contributed by atoms with Crippen molar-refractivity contribution in [2.45, 2.75) is 131 Å². The number of aliphatic hydroxyl groups excluding tert-OH is 9. The Morgan fingerprint density at radius 1 is 0.591 bits per heavy atom. The van der Waals surface area contributed by atoms with E-state index in [1.807, 2.05) is 48.5 Å². The summed E-state index contributed by atoms with van der Waals surface area (Å²) < 4.78 is 44.1. The van der Waals surface area contributed by atoms with Crippen molar-refractivity contribution in [3.8, 4) is 11.8 Å². The molecule has 4 fully saturated rings.